The molecule has 0 atom stereocenters. The van der Waals surface area contributed by atoms with Gasteiger partial charge in [0, 0.05) is 5.02 Å². The van der Waals surface area contributed by atoms with E-state index in [0.717, 1.165) is 0 Å². The smallest absolute Gasteiger partial charge is 0.341 e. The summed E-state index contributed by atoms with van der Waals surface area (Å²) in [5.41, 5.74) is 0.362. The first-order chi connectivity index (χ1) is 10.9. The average Bonchev–Trinajstić information content (AvgIpc) is 2.48. The number of halogens is 4. The van der Waals surface area contributed by atoms with Crippen LogP contribution in [0, 0.1) is 0 Å². The lowest BCUT2D eigenvalue weighted by atomic mass is 10.2. The summed E-state index contributed by atoms with van der Waals surface area (Å²) in [6, 6.07) is 9.17. The largest absolute Gasteiger partial charge is 0.452 e. The van der Waals surface area contributed by atoms with Gasteiger partial charge in [0.05, 0.1) is 26.3 Å². The molecule has 120 valence electrons. The van der Waals surface area contributed by atoms with Crippen molar-refractivity contribution in [3.63, 3.8) is 0 Å². The molecule has 0 saturated heterocycles. The second-order valence-electron chi connectivity index (χ2n) is 4.35. The van der Waals surface area contributed by atoms with Crippen LogP contribution in [0.25, 0.3) is 0 Å². The minimum Gasteiger partial charge on any atom is -0.452 e. The van der Waals surface area contributed by atoms with E-state index < -0.39 is 18.5 Å². The Labute approximate surface area is 152 Å². The number of benzene rings is 2. The highest BCUT2D eigenvalue weighted by molar-refractivity contribution is 6.39. The van der Waals surface area contributed by atoms with Crippen molar-refractivity contribution in [3.05, 3.63) is 62.1 Å². The van der Waals surface area contributed by atoms with Crippen molar-refractivity contribution in [1.29, 1.82) is 0 Å². The highest BCUT2D eigenvalue weighted by atomic mass is 35.5. The normalized spacial score (nSPS) is 10.3. The van der Waals surface area contributed by atoms with Gasteiger partial charge in [-0.05, 0) is 30.3 Å². The zero-order valence-corrected chi connectivity index (χ0v) is 14.4. The number of anilines is 1. The van der Waals surface area contributed by atoms with E-state index in [4.69, 9.17) is 51.1 Å². The molecule has 0 spiro atoms. The fourth-order valence-electron chi connectivity index (χ4n) is 1.67. The summed E-state index contributed by atoms with van der Waals surface area (Å²) in [6.45, 7) is -0.515. The Balaban J connectivity index is 1.98. The predicted octanol–water partition coefficient (Wildman–Crippen LogP) is 5.10. The van der Waals surface area contributed by atoms with Crippen LogP contribution >= 0.6 is 46.4 Å². The molecule has 0 saturated carbocycles. The molecule has 23 heavy (non-hydrogen) atoms. The SMILES string of the molecule is O=C(COC(=O)c1c(Cl)cccc1Cl)Nc1ccc(Cl)cc1Cl. The lowest BCUT2D eigenvalue weighted by Gasteiger charge is -2.09. The summed E-state index contributed by atoms with van der Waals surface area (Å²) in [5.74, 6) is -1.36. The summed E-state index contributed by atoms with van der Waals surface area (Å²) in [7, 11) is 0. The zero-order chi connectivity index (χ0) is 17.0. The molecule has 0 bridgehead atoms. The Morgan fingerprint density at radius 3 is 2.22 bits per heavy atom. The van der Waals surface area contributed by atoms with E-state index in [1.165, 1.54) is 24.3 Å². The van der Waals surface area contributed by atoms with Gasteiger partial charge in [-0.2, -0.15) is 0 Å². The summed E-state index contributed by atoms with van der Waals surface area (Å²) >= 11 is 23.5. The van der Waals surface area contributed by atoms with Crippen molar-refractivity contribution in [2.75, 3.05) is 11.9 Å². The molecule has 0 heterocycles. The van der Waals surface area contributed by atoms with Crippen molar-refractivity contribution >= 4 is 64.0 Å². The number of nitrogens with one attached hydrogen (secondary N) is 1. The van der Waals surface area contributed by atoms with E-state index in [1.54, 1.807) is 12.1 Å². The maximum absolute atomic E-state index is 11.9. The first-order valence-corrected chi connectivity index (χ1v) is 7.75. The summed E-state index contributed by atoms with van der Waals surface area (Å²) in [5, 5.41) is 3.49. The Morgan fingerprint density at radius 1 is 0.957 bits per heavy atom. The molecule has 4 nitrogen and oxygen atoms in total. The van der Waals surface area contributed by atoms with Crippen molar-refractivity contribution in [2.24, 2.45) is 0 Å². The topological polar surface area (TPSA) is 55.4 Å². The molecule has 1 N–H and O–H groups in total. The van der Waals surface area contributed by atoms with Gasteiger partial charge in [-0.3, -0.25) is 4.79 Å². The fraction of sp³-hybridized carbons (Fsp3) is 0.0667. The first-order valence-electron chi connectivity index (χ1n) is 6.24. The maximum Gasteiger partial charge on any atom is 0.341 e. The summed E-state index contributed by atoms with van der Waals surface area (Å²) < 4.78 is 4.90. The van der Waals surface area contributed by atoms with Gasteiger partial charge >= 0.3 is 5.97 Å². The van der Waals surface area contributed by atoms with Crippen LogP contribution in [-0.2, 0) is 9.53 Å². The van der Waals surface area contributed by atoms with Crippen molar-refractivity contribution < 1.29 is 14.3 Å². The van der Waals surface area contributed by atoms with E-state index in [0.29, 0.717) is 10.7 Å². The van der Waals surface area contributed by atoms with E-state index in [9.17, 15) is 9.59 Å². The number of carbonyl (C=O) groups is 2. The molecule has 8 heteroatoms. The Hall–Kier alpha value is -1.46. The van der Waals surface area contributed by atoms with E-state index >= 15 is 0 Å². The van der Waals surface area contributed by atoms with Crippen LogP contribution in [0.1, 0.15) is 10.4 Å². The van der Waals surface area contributed by atoms with Gasteiger partial charge in [0.2, 0.25) is 0 Å². The monoisotopic (exact) mass is 391 g/mol. The second-order valence-corrected chi connectivity index (χ2v) is 6.00. The molecule has 2 aromatic rings. The zero-order valence-electron chi connectivity index (χ0n) is 11.4. The third-order valence-corrected chi connectivity index (χ3v) is 3.88. The Morgan fingerprint density at radius 2 is 1.61 bits per heavy atom. The Kier molecular flexibility index (Phi) is 6.13. The van der Waals surface area contributed by atoms with Crippen molar-refractivity contribution in [2.45, 2.75) is 0 Å². The van der Waals surface area contributed by atoms with Crippen LogP contribution < -0.4 is 5.32 Å². The van der Waals surface area contributed by atoms with Crippen LogP contribution in [0.15, 0.2) is 36.4 Å². The molecule has 0 aliphatic heterocycles. The Bertz CT molecular complexity index is 744. The standard InChI is InChI=1S/C15H9Cl4NO3/c16-8-4-5-12(11(19)6-8)20-13(21)7-23-15(22)14-9(17)2-1-3-10(14)18/h1-6H,7H2,(H,20,21). The third-order valence-electron chi connectivity index (χ3n) is 2.71. The molecule has 0 aliphatic carbocycles. The first kappa shape index (κ1) is 17.9. The predicted molar refractivity (Wildman–Crippen MR) is 91.8 cm³/mol. The summed E-state index contributed by atoms with van der Waals surface area (Å²) in [6.07, 6.45) is 0. The quantitative estimate of drug-likeness (QED) is 0.736. The lowest BCUT2D eigenvalue weighted by molar-refractivity contribution is -0.119. The summed E-state index contributed by atoms with van der Waals surface area (Å²) in [4.78, 5) is 23.7. The maximum atomic E-state index is 11.9. The highest BCUT2D eigenvalue weighted by Crippen LogP contribution is 2.26. The molecular formula is C15H9Cl4NO3. The number of rotatable bonds is 4. The van der Waals surface area contributed by atoms with Gasteiger partial charge < -0.3 is 10.1 Å². The van der Waals surface area contributed by atoms with Gasteiger partial charge in [0.25, 0.3) is 5.91 Å². The van der Waals surface area contributed by atoms with Crippen LogP contribution in [0.3, 0.4) is 0 Å². The minimum absolute atomic E-state index is 0.00755. The molecule has 2 rings (SSSR count). The molecule has 0 aliphatic rings. The van der Waals surface area contributed by atoms with Crippen LogP contribution in [0.4, 0.5) is 5.69 Å². The molecule has 2 aromatic carbocycles. The molecule has 0 unspecified atom stereocenters. The van der Waals surface area contributed by atoms with E-state index in [2.05, 4.69) is 5.32 Å². The van der Waals surface area contributed by atoms with Gasteiger partial charge in [-0.15, -0.1) is 0 Å². The fourth-order valence-corrected chi connectivity index (χ4v) is 2.68. The minimum atomic E-state index is -0.794. The molecule has 0 radical (unpaired) electrons. The highest BCUT2D eigenvalue weighted by Gasteiger charge is 2.17. The molecular weight excluding hydrogens is 384 g/mol. The van der Waals surface area contributed by atoms with Gasteiger partial charge in [0.15, 0.2) is 6.61 Å². The molecule has 0 fully saturated rings. The number of ether oxygens (including phenoxy) is 1. The van der Waals surface area contributed by atoms with Crippen LogP contribution in [0.5, 0.6) is 0 Å². The number of hydrogen-bond acceptors (Lipinski definition) is 3. The van der Waals surface area contributed by atoms with E-state index in [1.807, 2.05) is 0 Å². The average molecular weight is 393 g/mol. The number of hydrogen-bond donors (Lipinski definition) is 1. The number of amides is 1. The van der Waals surface area contributed by atoms with Gasteiger partial charge in [0.1, 0.15) is 0 Å². The van der Waals surface area contributed by atoms with Gasteiger partial charge in [-0.25, -0.2) is 4.79 Å². The number of esters is 1. The number of carbonyl (C=O) groups excluding carboxylic acids is 2. The lowest BCUT2D eigenvalue weighted by Crippen LogP contribution is -2.21. The van der Waals surface area contributed by atoms with Crippen molar-refractivity contribution in [3.8, 4) is 0 Å². The van der Waals surface area contributed by atoms with Crippen LogP contribution in [0.2, 0.25) is 20.1 Å². The van der Waals surface area contributed by atoms with Gasteiger partial charge in [-0.1, -0.05) is 52.5 Å². The van der Waals surface area contributed by atoms with Crippen LogP contribution in [-0.4, -0.2) is 18.5 Å². The van der Waals surface area contributed by atoms with E-state index in [-0.39, 0.29) is 20.6 Å². The van der Waals surface area contributed by atoms with Crippen molar-refractivity contribution in [1.82, 2.24) is 0 Å². The second kappa shape index (κ2) is 7.88. The third kappa shape index (κ3) is 4.75. The molecule has 1 amide bonds. The molecule has 0 aromatic heterocycles.